The van der Waals surface area contributed by atoms with Crippen molar-refractivity contribution in [3.63, 3.8) is 0 Å². The largest absolute Gasteiger partial charge is 0.423 e. The third kappa shape index (κ3) is 3.63. The van der Waals surface area contributed by atoms with Crippen LogP contribution in [0.5, 0.6) is 0 Å². The highest BCUT2D eigenvalue weighted by atomic mass is 16.4. The number of para-hydroxylation sites is 2. The summed E-state index contributed by atoms with van der Waals surface area (Å²) in [4.78, 5) is 21.8. The van der Waals surface area contributed by atoms with Crippen LogP contribution in [0, 0.1) is 5.92 Å². The third-order valence-corrected chi connectivity index (χ3v) is 5.16. The molecule has 2 aliphatic rings. The summed E-state index contributed by atoms with van der Waals surface area (Å²) in [5, 5.41) is 6.50. The van der Waals surface area contributed by atoms with Crippen molar-refractivity contribution in [1.29, 1.82) is 0 Å². The van der Waals surface area contributed by atoms with E-state index < -0.39 is 0 Å². The van der Waals surface area contributed by atoms with E-state index in [9.17, 15) is 4.79 Å². The van der Waals surface area contributed by atoms with Gasteiger partial charge in [-0.15, -0.1) is 0 Å². The van der Waals surface area contributed by atoms with Gasteiger partial charge in [0.15, 0.2) is 11.5 Å². The van der Waals surface area contributed by atoms with Crippen LogP contribution in [-0.2, 0) is 4.79 Å². The van der Waals surface area contributed by atoms with Crippen molar-refractivity contribution in [3.8, 4) is 0 Å². The predicted molar refractivity (Wildman–Crippen MR) is 115 cm³/mol. The van der Waals surface area contributed by atoms with Gasteiger partial charge < -0.3 is 9.73 Å². The molecule has 6 heteroatoms. The Labute approximate surface area is 167 Å². The second kappa shape index (κ2) is 7.46. The second-order valence-electron chi connectivity index (χ2n) is 7.42. The Balaban J connectivity index is 0.00000160. The molecule has 3 unspecified atom stereocenters. The van der Waals surface area contributed by atoms with Crippen molar-refractivity contribution in [2.45, 2.75) is 38.3 Å². The molecule has 1 saturated carbocycles. The van der Waals surface area contributed by atoms with Crippen molar-refractivity contribution >= 4 is 28.9 Å². The monoisotopic (exact) mass is 380 g/mol. The first-order valence-corrected chi connectivity index (χ1v) is 9.53. The zero-order valence-electron chi connectivity index (χ0n) is 15.9. The highest BCUT2D eigenvalue weighted by molar-refractivity contribution is 5.96. The van der Waals surface area contributed by atoms with Crippen LogP contribution < -0.4 is 10.6 Å². The zero-order chi connectivity index (χ0) is 19.7. The van der Waals surface area contributed by atoms with Crippen molar-refractivity contribution in [2.24, 2.45) is 10.9 Å². The summed E-state index contributed by atoms with van der Waals surface area (Å²) in [6.07, 6.45) is 6.19. The van der Waals surface area contributed by atoms with E-state index in [0.717, 1.165) is 29.5 Å². The van der Waals surface area contributed by atoms with Gasteiger partial charge in [-0.1, -0.05) is 43.0 Å². The van der Waals surface area contributed by atoms with E-state index in [1.54, 1.807) is 0 Å². The van der Waals surface area contributed by atoms with Crippen LogP contribution in [0.2, 0.25) is 0 Å². The van der Waals surface area contributed by atoms with Crippen LogP contribution in [-0.4, -0.2) is 28.8 Å². The van der Waals surface area contributed by atoms with Gasteiger partial charge >= 0.3 is 6.01 Å². The number of guanidine groups is 1. The molecule has 0 saturated heterocycles. The maximum Gasteiger partial charge on any atom is 0.302 e. The van der Waals surface area contributed by atoms with Gasteiger partial charge in [0.1, 0.15) is 11.3 Å². The SMILES string of the molecule is C=C(C)/C=C\C(=C)C1N=C(Nc2nc3ccccc3o2)NC2CCCC(=O)C21.[HH].[HH]. The first kappa shape index (κ1) is 18.2. The number of aromatic nitrogens is 1. The lowest BCUT2D eigenvalue weighted by Gasteiger charge is -2.39. The molecule has 3 atom stereocenters. The lowest BCUT2D eigenvalue weighted by molar-refractivity contribution is -0.125. The van der Waals surface area contributed by atoms with Gasteiger partial charge in [-0.3, -0.25) is 10.1 Å². The first-order chi connectivity index (χ1) is 13.5. The highest BCUT2D eigenvalue weighted by Crippen LogP contribution is 2.32. The molecule has 1 aromatic carbocycles. The Morgan fingerprint density at radius 3 is 2.96 bits per heavy atom. The van der Waals surface area contributed by atoms with Crippen LogP contribution in [0.4, 0.5) is 6.01 Å². The highest BCUT2D eigenvalue weighted by Gasteiger charge is 2.42. The Hall–Kier alpha value is -3.15. The number of fused-ring (bicyclic) bond motifs is 2. The van der Waals surface area contributed by atoms with Crippen LogP contribution >= 0.6 is 0 Å². The van der Waals surface area contributed by atoms with Crippen molar-refractivity contribution in [3.05, 3.63) is 60.7 Å². The normalized spacial score (nSPS) is 24.5. The fourth-order valence-electron chi connectivity index (χ4n) is 3.81. The topological polar surface area (TPSA) is 79.5 Å². The number of oxazole rings is 1. The fourth-order valence-corrected chi connectivity index (χ4v) is 3.81. The van der Waals surface area contributed by atoms with E-state index in [0.29, 0.717) is 24.0 Å². The van der Waals surface area contributed by atoms with Gasteiger partial charge in [-0.05, 0) is 37.5 Å². The molecule has 0 radical (unpaired) electrons. The second-order valence-corrected chi connectivity index (χ2v) is 7.42. The Morgan fingerprint density at radius 2 is 2.18 bits per heavy atom. The number of aliphatic imine (C=N–C) groups is 1. The number of nitrogens with zero attached hydrogens (tertiary/aromatic N) is 2. The van der Waals surface area contributed by atoms with Crippen LogP contribution in [0.25, 0.3) is 11.1 Å². The molecule has 1 aromatic heterocycles. The van der Waals surface area contributed by atoms with Gasteiger partial charge in [0.05, 0.1) is 12.0 Å². The summed E-state index contributed by atoms with van der Waals surface area (Å²) < 4.78 is 5.74. The number of Topliss-reactive ketones (excluding diaryl/α,β-unsaturated/α-hetero) is 1. The molecule has 4 rings (SSSR count). The molecular weight excluding hydrogens is 352 g/mol. The van der Waals surface area contributed by atoms with Gasteiger partial charge in [-0.2, -0.15) is 4.98 Å². The minimum Gasteiger partial charge on any atom is -0.423 e. The molecule has 0 amide bonds. The Morgan fingerprint density at radius 1 is 1.36 bits per heavy atom. The minimum absolute atomic E-state index is 0. The number of carbonyl (C=O) groups is 1. The number of rotatable bonds is 4. The molecule has 148 valence electrons. The quantitative estimate of drug-likeness (QED) is 0.764. The van der Waals surface area contributed by atoms with E-state index in [-0.39, 0.29) is 26.6 Å². The Kier molecular flexibility index (Phi) is 4.86. The standard InChI is InChI=1S/C22H24N4O2.2H2/c1-13(2)11-12-14(3)20-19-16(8-6-9-17(19)27)23-21(25-20)26-22-24-15-7-4-5-10-18(15)28-22;;/h4-5,7,10-12,16,19-20H,1,3,6,8-9H2,2H3,(H2,23,24,25,26);2*1H/b12-11-;;. The van der Waals surface area contributed by atoms with Crippen LogP contribution in [0.3, 0.4) is 0 Å². The van der Waals surface area contributed by atoms with E-state index in [2.05, 4.69) is 28.8 Å². The van der Waals surface area contributed by atoms with Crippen LogP contribution in [0.15, 0.2) is 70.1 Å². The van der Waals surface area contributed by atoms with Crippen molar-refractivity contribution in [1.82, 2.24) is 10.3 Å². The third-order valence-electron chi connectivity index (χ3n) is 5.16. The van der Waals surface area contributed by atoms with E-state index in [1.165, 1.54) is 0 Å². The molecule has 6 nitrogen and oxygen atoms in total. The number of anilines is 1. The van der Waals surface area contributed by atoms with Crippen molar-refractivity contribution < 1.29 is 12.1 Å². The van der Waals surface area contributed by atoms with Gasteiger partial charge in [-0.25, -0.2) is 4.99 Å². The average Bonchev–Trinajstić information content (AvgIpc) is 3.07. The average molecular weight is 380 g/mol. The van der Waals surface area contributed by atoms with Gasteiger partial charge in [0.2, 0.25) is 0 Å². The molecule has 1 aliphatic carbocycles. The number of carbonyl (C=O) groups excluding carboxylic acids is 1. The zero-order valence-corrected chi connectivity index (χ0v) is 15.9. The smallest absolute Gasteiger partial charge is 0.302 e. The van der Waals surface area contributed by atoms with Gasteiger partial charge in [0.25, 0.3) is 0 Å². The first-order valence-electron chi connectivity index (χ1n) is 9.53. The molecule has 28 heavy (non-hydrogen) atoms. The lowest BCUT2D eigenvalue weighted by Crippen LogP contribution is -2.56. The fraction of sp³-hybridized carbons (Fsp3) is 0.318. The molecule has 2 heterocycles. The molecule has 0 bridgehead atoms. The maximum atomic E-state index is 12.6. The molecule has 2 aromatic rings. The van der Waals surface area contributed by atoms with Crippen LogP contribution in [0.1, 0.15) is 29.0 Å². The number of hydrogen-bond donors (Lipinski definition) is 2. The Bertz CT molecular complexity index is 978. The number of ketones is 1. The number of hydrogen-bond acceptors (Lipinski definition) is 6. The molecule has 0 spiro atoms. The molecule has 2 N–H and O–H groups in total. The summed E-state index contributed by atoms with van der Waals surface area (Å²) >= 11 is 0. The van der Waals surface area contributed by atoms with Gasteiger partial charge in [0, 0.05) is 15.3 Å². The maximum absolute atomic E-state index is 12.6. The molecule has 1 fully saturated rings. The summed E-state index contributed by atoms with van der Waals surface area (Å²) in [7, 11) is 0. The molecular formula is C22H28N4O2. The lowest BCUT2D eigenvalue weighted by atomic mass is 9.76. The summed E-state index contributed by atoms with van der Waals surface area (Å²) in [6.45, 7) is 9.98. The van der Waals surface area contributed by atoms with E-state index in [1.807, 2.05) is 43.3 Å². The van der Waals surface area contributed by atoms with E-state index in [4.69, 9.17) is 9.41 Å². The predicted octanol–water partition coefficient (Wildman–Crippen LogP) is 4.49. The molecule has 1 aliphatic heterocycles. The number of allylic oxidation sites excluding steroid dienone is 2. The number of benzene rings is 1. The van der Waals surface area contributed by atoms with Crippen molar-refractivity contribution in [2.75, 3.05) is 5.32 Å². The minimum atomic E-state index is -0.318. The summed E-state index contributed by atoms with van der Waals surface area (Å²) in [5.41, 5.74) is 3.21. The summed E-state index contributed by atoms with van der Waals surface area (Å²) in [6, 6.07) is 7.65. The number of nitrogens with one attached hydrogen (secondary N) is 2. The summed E-state index contributed by atoms with van der Waals surface area (Å²) in [5.74, 6) is 0.589. The van der Waals surface area contributed by atoms with E-state index >= 15 is 0 Å².